The van der Waals surface area contributed by atoms with Gasteiger partial charge >= 0.3 is 0 Å². The molecule has 1 aliphatic carbocycles. The van der Waals surface area contributed by atoms with E-state index in [1.165, 1.54) is 54.9 Å². The van der Waals surface area contributed by atoms with Crippen molar-refractivity contribution in [2.75, 3.05) is 4.90 Å². The van der Waals surface area contributed by atoms with Crippen LogP contribution in [-0.4, -0.2) is 0 Å². The first-order valence-corrected chi connectivity index (χ1v) is 15.6. The third-order valence-electron chi connectivity index (χ3n) is 9.65. The number of fused-ring (bicyclic) bond motifs is 8. The summed E-state index contributed by atoms with van der Waals surface area (Å²) in [5.41, 5.74) is 12.7. The third kappa shape index (κ3) is 3.96. The molecule has 0 fully saturated rings. The molecule has 7 aromatic carbocycles. The van der Waals surface area contributed by atoms with Crippen LogP contribution in [0.5, 0.6) is 0 Å². The van der Waals surface area contributed by atoms with Crippen LogP contribution in [0.3, 0.4) is 0 Å². The van der Waals surface area contributed by atoms with Gasteiger partial charge in [0.1, 0.15) is 11.2 Å². The van der Waals surface area contributed by atoms with Gasteiger partial charge in [0.25, 0.3) is 0 Å². The summed E-state index contributed by atoms with van der Waals surface area (Å²) >= 11 is 0. The van der Waals surface area contributed by atoms with Gasteiger partial charge in [-0.05, 0) is 87.1 Å². The first-order valence-electron chi connectivity index (χ1n) is 15.6. The number of nitrogens with zero attached hydrogens (tertiary/aromatic N) is 1. The number of benzene rings is 7. The lowest BCUT2D eigenvalue weighted by Gasteiger charge is -2.28. The van der Waals surface area contributed by atoms with E-state index in [-0.39, 0.29) is 5.41 Å². The van der Waals surface area contributed by atoms with E-state index >= 15 is 0 Å². The van der Waals surface area contributed by atoms with Gasteiger partial charge in [-0.1, -0.05) is 117 Å². The van der Waals surface area contributed by atoms with Crippen LogP contribution in [-0.2, 0) is 5.41 Å². The molecule has 0 bridgehead atoms. The molecule has 0 N–H and O–H groups in total. The Balaban J connectivity index is 1.17. The molecule has 1 heterocycles. The van der Waals surface area contributed by atoms with E-state index in [2.05, 4.69) is 164 Å². The van der Waals surface area contributed by atoms with Crippen molar-refractivity contribution in [1.29, 1.82) is 0 Å². The Bertz CT molecular complexity index is 2400. The van der Waals surface area contributed by atoms with Gasteiger partial charge in [0.2, 0.25) is 0 Å². The van der Waals surface area contributed by atoms with E-state index in [0.717, 1.165) is 28.2 Å². The van der Waals surface area contributed by atoms with Gasteiger partial charge in [-0.15, -0.1) is 0 Å². The van der Waals surface area contributed by atoms with Crippen LogP contribution in [0.25, 0.3) is 55.0 Å². The molecule has 0 unspecified atom stereocenters. The van der Waals surface area contributed by atoms with Gasteiger partial charge in [-0.3, -0.25) is 0 Å². The van der Waals surface area contributed by atoms with Crippen LogP contribution in [0.15, 0.2) is 156 Å². The number of rotatable bonds is 4. The largest absolute Gasteiger partial charge is 0.455 e. The molecule has 0 atom stereocenters. The molecule has 1 aliphatic rings. The average Bonchev–Trinajstić information content (AvgIpc) is 3.58. The molecular weight excluding hydrogens is 546 g/mol. The molecule has 0 amide bonds. The third-order valence-corrected chi connectivity index (χ3v) is 9.65. The molecule has 8 aromatic rings. The summed E-state index contributed by atoms with van der Waals surface area (Å²) in [5, 5.41) is 4.86. The lowest BCUT2D eigenvalue weighted by atomic mass is 9.82. The molecule has 2 nitrogen and oxygen atoms in total. The number of hydrogen-bond donors (Lipinski definition) is 0. The minimum atomic E-state index is -0.170. The second-order valence-electron chi connectivity index (χ2n) is 12.6. The van der Waals surface area contributed by atoms with Crippen molar-refractivity contribution in [2.24, 2.45) is 0 Å². The SMILES string of the molecule is CC1(C)c2cc(N(c3ccccc3)c3ccc(-c4ccc5ccccc5c4)cc3)ccc2-c2c1ccc1c2oc2ccccc21. The lowest BCUT2D eigenvalue weighted by Crippen LogP contribution is -2.16. The zero-order valence-corrected chi connectivity index (χ0v) is 25.3. The zero-order valence-electron chi connectivity index (χ0n) is 25.3. The first kappa shape index (κ1) is 25.9. The van der Waals surface area contributed by atoms with Gasteiger partial charge in [0, 0.05) is 38.8 Å². The summed E-state index contributed by atoms with van der Waals surface area (Å²) in [6, 6.07) is 54.7. The predicted octanol–water partition coefficient (Wildman–Crippen LogP) is 12.2. The van der Waals surface area contributed by atoms with Crippen molar-refractivity contribution in [3.63, 3.8) is 0 Å². The Labute approximate surface area is 262 Å². The molecule has 9 rings (SSSR count). The van der Waals surface area contributed by atoms with Gasteiger partial charge in [-0.25, -0.2) is 0 Å². The van der Waals surface area contributed by atoms with Crippen LogP contribution in [0.1, 0.15) is 25.0 Å². The minimum Gasteiger partial charge on any atom is -0.455 e. The number of furan rings is 1. The van der Waals surface area contributed by atoms with Crippen LogP contribution in [0, 0.1) is 0 Å². The highest BCUT2D eigenvalue weighted by molar-refractivity contribution is 6.12. The van der Waals surface area contributed by atoms with Crippen molar-refractivity contribution >= 4 is 49.8 Å². The molecule has 0 saturated carbocycles. The van der Waals surface area contributed by atoms with Crippen LogP contribution >= 0.6 is 0 Å². The number of anilines is 3. The molecule has 0 spiro atoms. The fourth-order valence-electron chi connectivity index (χ4n) is 7.32. The Morgan fingerprint density at radius 1 is 0.489 bits per heavy atom. The maximum Gasteiger partial charge on any atom is 0.143 e. The van der Waals surface area contributed by atoms with E-state index in [9.17, 15) is 0 Å². The Morgan fingerprint density at radius 2 is 1.18 bits per heavy atom. The topological polar surface area (TPSA) is 16.4 Å². The minimum absolute atomic E-state index is 0.170. The van der Waals surface area contributed by atoms with Gasteiger partial charge < -0.3 is 9.32 Å². The van der Waals surface area contributed by atoms with Crippen molar-refractivity contribution in [3.8, 4) is 22.3 Å². The smallest absolute Gasteiger partial charge is 0.143 e. The fraction of sp³-hybridized carbons (Fsp3) is 0.0698. The molecular formula is C43H31NO. The van der Waals surface area contributed by atoms with Gasteiger partial charge in [0.05, 0.1) is 0 Å². The molecule has 1 aromatic heterocycles. The summed E-state index contributed by atoms with van der Waals surface area (Å²) in [6.45, 7) is 4.67. The normalized spacial score (nSPS) is 13.3. The molecule has 45 heavy (non-hydrogen) atoms. The summed E-state index contributed by atoms with van der Waals surface area (Å²) in [5.74, 6) is 0. The van der Waals surface area contributed by atoms with Crippen molar-refractivity contribution in [2.45, 2.75) is 19.3 Å². The second-order valence-corrected chi connectivity index (χ2v) is 12.6. The highest BCUT2D eigenvalue weighted by Gasteiger charge is 2.38. The molecule has 0 aliphatic heterocycles. The second kappa shape index (κ2) is 9.70. The average molecular weight is 578 g/mol. The Kier molecular flexibility index (Phi) is 5.58. The van der Waals surface area contributed by atoms with E-state index < -0.39 is 0 Å². The Hall–Kier alpha value is -5.60. The predicted molar refractivity (Wildman–Crippen MR) is 189 cm³/mol. The number of hydrogen-bond acceptors (Lipinski definition) is 2. The standard InChI is InChI=1S/C43H31NO/c1-43(2)38-25-24-36-35-14-8-9-15-40(35)45-42(36)41(38)37-23-22-34(27-39(37)43)44(32-12-4-3-5-13-32)33-20-18-29(19-21-33)31-17-16-28-10-6-7-11-30(28)26-31/h3-27H,1-2H3. The first-order chi connectivity index (χ1) is 22.1. The highest BCUT2D eigenvalue weighted by atomic mass is 16.3. The zero-order chi connectivity index (χ0) is 30.1. The van der Waals surface area contributed by atoms with E-state index in [4.69, 9.17) is 4.42 Å². The van der Waals surface area contributed by atoms with Crippen molar-refractivity contribution < 1.29 is 4.42 Å². The maximum atomic E-state index is 6.52. The summed E-state index contributed by atoms with van der Waals surface area (Å²) in [6.07, 6.45) is 0. The summed E-state index contributed by atoms with van der Waals surface area (Å²) < 4.78 is 6.52. The Morgan fingerprint density at radius 3 is 2.02 bits per heavy atom. The maximum absolute atomic E-state index is 6.52. The lowest BCUT2D eigenvalue weighted by molar-refractivity contribution is 0.653. The quantitative estimate of drug-likeness (QED) is 0.207. The van der Waals surface area contributed by atoms with E-state index in [1.54, 1.807) is 0 Å². The number of para-hydroxylation sites is 2. The van der Waals surface area contributed by atoms with Crippen LogP contribution in [0.4, 0.5) is 17.1 Å². The monoisotopic (exact) mass is 577 g/mol. The van der Waals surface area contributed by atoms with E-state index in [1.807, 2.05) is 6.07 Å². The highest BCUT2D eigenvalue weighted by Crippen LogP contribution is 2.54. The van der Waals surface area contributed by atoms with Gasteiger partial charge in [-0.2, -0.15) is 0 Å². The van der Waals surface area contributed by atoms with Crippen molar-refractivity contribution in [1.82, 2.24) is 0 Å². The van der Waals surface area contributed by atoms with E-state index in [0.29, 0.717) is 0 Å². The molecule has 2 heteroatoms. The molecule has 0 radical (unpaired) electrons. The van der Waals surface area contributed by atoms with Crippen molar-refractivity contribution in [3.05, 3.63) is 163 Å². The summed E-state index contributed by atoms with van der Waals surface area (Å²) in [4.78, 5) is 2.36. The molecule has 214 valence electrons. The fourth-order valence-corrected chi connectivity index (χ4v) is 7.32. The van der Waals surface area contributed by atoms with Gasteiger partial charge in [0.15, 0.2) is 0 Å². The summed E-state index contributed by atoms with van der Waals surface area (Å²) in [7, 11) is 0. The van der Waals surface area contributed by atoms with Crippen LogP contribution < -0.4 is 4.90 Å². The van der Waals surface area contributed by atoms with Crippen LogP contribution in [0.2, 0.25) is 0 Å². The molecule has 0 saturated heterocycles.